The maximum Gasteiger partial charge on any atom is 0.311 e. The second-order valence-electron chi connectivity index (χ2n) is 15.1. The Hall–Kier alpha value is -0.900. The zero-order valence-corrected chi connectivity index (χ0v) is 22.3. The quantitative estimate of drug-likeness (QED) is 0.445. The highest BCUT2D eigenvalue weighted by Crippen LogP contribution is 2.78. The molecule has 0 radical (unpaired) electrons. The van der Waals surface area contributed by atoms with Crippen LogP contribution >= 0.6 is 0 Å². The number of hydrogen-bond acceptors (Lipinski definition) is 4. The first-order valence-electron chi connectivity index (χ1n) is 14.1. The molecule has 2 bridgehead atoms. The molecule has 11 atom stereocenters. The minimum absolute atomic E-state index is 0.0330. The fourth-order valence-electron chi connectivity index (χ4n) is 11.7. The van der Waals surface area contributed by atoms with Crippen LogP contribution in [0, 0.1) is 56.2 Å². The maximum absolute atomic E-state index is 13.0. The van der Waals surface area contributed by atoms with Gasteiger partial charge in [-0.1, -0.05) is 34.6 Å². The van der Waals surface area contributed by atoms with Crippen molar-refractivity contribution >= 4 is 11.8 Å². The standard InChI is InChI=1S/C30H46O4/c1-18-19(31)7-8-20-26(18,3)10-9-21-27(20,4)12-13-28(5)22-15-25(2)11-14-30(22,17-34-24(25)33)23(32)16-29(21,28)6/h18,20-23,32H,7-17H2,1-6H3/t18-,20-,21-,22-,23+,25-,26+,27-,28-,29+,30+/m0/s1. The van der Waals surface area contributed by atoms with E-state index in [-0.39, 0.29) is 39.0 Å². The second-order valence-corrected chi connectivity index (χ2v) is 15.1. The Bertz CT molecular complexity index is 944. The summed E-state index contributed by atoms with van der Waals surface area (Å²) in [6, 6.07) is 0. The molecular weight excluding hydrogens is 424 g/mol. The van der Waals surface area contributed by atoms with Crippen LogP contribution in [0.2, 0.25) is 0 Å². The first kappa shape index (κ1) is 23.5. The first-order chi connectivity index (χ1) is 15.8. The molecule has 0 unspecified atom stereocenters. The number of Topliss-reactive ketones (excluding diaryl/α,β-unsaturated/α-hetero) is 1. The van der Waals surface area contributed by atoms with Crippen LogP contribution in [0.5, 0.6) is 0 Å². The van der Waals surface area contributed by atoms with Crippen molar-refractivity contribution < 1.29 is 19.4 Å². The molecule has 2 aliphatic heterocycles. The SMILES string of the molecule is C[C@H]1C(=O)CC[C@H]2[C@]1(C)CC[C@H]1[C@@]2(C)CC[C@@]2(C)[C@@H]3C[C@]4(C)CC[C@]3(COC4=O)[C@H](O)C[C@]12C. The summed E-state index contributed by atoms with van der Waals surface area (Å²) in [6.07, 6.45) is 9.47. The molecular formula is C30H46O4. The van der Waals surface area contributed by atoms with Gasteiger partial charge in [0.1, 0.15) is 5.78 Å². The Morgan fingerprint density at radius 1 is 0.794 bits per heavy atom. The van der Waals surface area contributed by atoms with Gasteiger partial charge >= 0.3 is 5.97 Å². The molecule has 1 N–H and O–H groups in total. The summed E-state index contributed by atoms with van der Waals surface area (Å²) in [6.45, 7) is 14.7. The number of hydrogen-bond donors (Lipinski definition) is 1. The molecule has 5 aliphatic carbocycles. The highest BCUT2D eigenvalue weighted by atomic mass is 16.5. The van der Waals surface area contributed by atoms with E-state index in [1.54, 1.807) is 0 Å². The second kappa shape index (κ2) is 6.69. The summed E-state index contributed by atoms with van der Waals surface area (Å²) >= 11 is 0. The number of aliphatic hydroxyl groups excluding tert-OH is 1. The molecule has 0 aromatic carbocycles. The van der Waals surface area contributed by atoms with Gasteiger partial charge in [-0.25, -0.2) is 0 Å². The van der Waals surface area contributed by atoms with Crippen molar-refractivity contribution in [1.82, 2.24) is 0 Å². The summed E-state index contributed by atoms with van der Waals surface area (Å²) in [7, 11) is 0. The van der Waals surface area contributed by atoms with Crippen molar-refractivity contribution in [3.8, 4) is 0 Å². The van der Waals surface area contributed by atoms with E-state index >= 15 is 0 Å². The Balaban J connectivity index is 1.44. The van der Waals surface area contributed by atoms with Gasteiger partial charge in [-0.2, -0.15) is 0 Å². The molecule has 190 valence electrons. The van der Waals surface area contributed by atoms with E-state index in [1.807, 2.05) is 0 Å². The van der Waals surface area contributed by atoms with E-state index < -0.39 is 11.5 Å². The van der Waals surface area contributed by atoms with Crippen LogP contribution < -0.4 is 0 Å². The van der Waals surface area contributed by atoms with Crippen molar-refractivity contribution in [1.29, 1.82) is 0 Å². The zero-order chi connectivity index (χ0) is 24.5. The van der Waals surface area contributed by atoms with Gasteiger partial charge in [-0.3, -0.25) is 9.59 Å². The largest absolute Gasteiger partial charge is 0.465 e. The average molecular weight is 471 g/mol. The molecule has 0 aromatic rings. The van der Waals surface area contributed by atoms with Crippen molar-refractivity contribution in [2.75, 3.05) is 6.61 Å². The molecule has 4 heteroatoms. The van der Waals surface area contributed by atoms with E-state index in [1.165, 1.54) is 6.42 Å². The number of ketones is 1. The Morgan fingerprint density at radius 2 is 1.53 bits per heavy atom. The maximum atomic E-state index is 13.0. The van der Waals surface area contributed by atoms with E-state index in [0.29, 0.717) is 30.1 Å². The highest BCUT2D eigenvalue weighted by Gasteiger charge is 2.74. The third-order valence-corrected chi connectivity index (χ3v) is 14.3. The molecule has 7 rings (SSSR count). The average Bonchev–Trinajstić information content (AvgIpc) is 2.98. The molecule has 7 fully saturated rings. The van der Waals surface area contributed by atoms with Crippen molar-refractivity contribution in [2.45, 2.75) is 112 Å². The summed E-state index contributed by atoms with van der Waals surface area (Å²) in [5.41, 5.74) is -0.241. The van der Waals surface area contributed by atoms with Crippen LogP contribution in [-0.4, -0.2) is 29.6 Å². The van der Waals surface area contributed by atoms with Gasteiger partial charge in [-0.15, -0.1) is 0 Å². The predicted molar refractivity (Wildman–Crippen MR) is 131 cm³/mol. The number of ether oxygens (including phenoxy) is 1. The van der Waals surface area contributed by atoms with Crippen LogP contribution in [0.1, 0.15) is 106 Å². The monoisotopic (exact) mass is 470 g/mol. The fraction of sp³-hybridized carbons (Fsp3) is 0.933. The van der Waals surface area contributed by atoms with E-state index in [9.17, 15) is 14.7 Å². The number of carbonyl (C=O) groups excluding carboxylic acids is 2. The number of aliphatic hydroxyl groups is 1. The molecule has 0 aromatic heterocycles. The topological polar surface area (TPSA) is 63.6 Å². The third-order valence-electron chi connectivity index (χ3n) is 14.3. The number of carbonyl (C=O) groups is 2. The third kappa shape index (κ3) is 2.46. The van der Waals surface area contributed by atoms with Crippen LogP contribution in [0.15, 0.2) is 0 Å². The Kier molecular flexibility index (Phi) is 4.63. The molecule has 2 heterocycles. The lowest BCUT2D eigenvalue weighted by Crippen LogP contribution is -2.71. The van der Waals surface area contributed by atoms with Gasteiger partial charge < -0.3 is 9.84 Å². The van der Waals surface area contributed by atoms with Gasteiger partial charge in [0.2, 0.25) is 0 Å². The fourth-order valence-corrected chi connectivity index (χ4v) is 11.7. The van der Waals surface area contributed by atoms with Crippen LogP contribution in [-0.2, 0) is 14.3 Å². The summed E-state index contributed by atoms with van der Waals surface area (Å²) < 4.78 is 5.88. The number of esters is 1. The van der Waals surface area contributed by atoms with E-state index in [2.05, 4.69) is 41.5 Å². The number of fused-ring (bicyclic) bond motifs is 8. The minimum atomic E-state index is -0.409. The van der Waals surface area contributed by atoms with Gasteiger partial charge in [0.05, 0.1) is 18.1 Å². The molecule has 34 heavy (non-hydrogen) atoms. The van der Waals surface area contributed by atoms with Crippen LogP contribution in [0.4, 0.5) is 0 Å². The zero-order valence-electron chi connectivity index (χ0n) is 22.3. The van der Waals surface area contributed by atoms with Gasteiger partial charge in [-0.05, 0) is 104 Å². The lowest BCUT2D eigenvalue weighted by molar-refractivity contribution is -0.282. The lowest BCUT2D eigenvalue weighted by Gasteiger charge is -2.75. The van der Waals surface area contributed by atoms with Crippen molar-refractivity contribution in [3.63, 3.8) is 0 Å². The van der Waals surface area contributed by atoms with Crippen LogP contribution in [0.25, 0.3) is 0 Å². The van der Waals surface area contributed by atoms with E-state index in [4.69, 9.17) is 4.74 Å². The van der Waals surface area contributed by atoms with Crippen molar-refractivity contribution in [3.05, 3.63) is 0 Å². The normalized spacial score (nSPS) is 60.9. The first-order valence-corrected chi connectivity index (χ1v) is 14.1. The smallest absolute Gasteiger partial charge is 0.311 e. The Labute approximate surface area is 206 Å². The number of rotatable bonds is 0. The molecule has 7 aliphatic rings. The molecule has 1 spiro atoms. The lowest BCUT2D eigenvalue weighted by atomic mass is 9.29. The van der Waals surface area contributed by atoms with E-state index in [0.717, 1.165) is 57.8 Å². The van der Waals surface area contributed by atoms with Gasteiger partial charge in [0.25, 0.3) is 0 Å². The summed E-state index contributed by atoms with van der Waals surface area (Å²) in [4.78, 5) is 25.7. The molecule has 4 nitrogen and oxygen atoms in total. The summed E-state index contributed by atoms with van der Waals surface area (Å²) in [5.74, 6) is 2.04. The molecule has 0 amide bonds. The highest BCUT2D eigenvalue weighted by molar-refractivity contribution is 5.82. The minimum Gasteiger partial charge on any atom is -0.465 e. The predicted octanol–water partition coefficient (Wildman–Crippen LogP) is 5.94. The van der Waals surface area contributed by atoms with Gasteiger partial charge in [0, 0.05) is 17.8 Å². The molecule has 5 saturated carbocycles. The Morgan fingerprint density at radius 3 is 2.26 bits per heavy atom. The van der Waals surface area contributed by atoms with Crippen molar-refractivity contribution in [2.24, 2.45) is 56.2 Å². The molecule has 2 saturated heterocycles. The van der Waals surface area contributed by atoms with Gasteiger partial charge in [0.15, 0.2) is 0 Å². The summed E-state index contributed by atoms with van der Waals surface area (Å²) in [5, 5.41) is 11.9. The van der Waals surface area contributed by atoms with Crippen LogP contribution in [0.3, 0.4) is 0 Å².